The molecule has 34 heavy (non-hydrogen) atoms. The lowest BCUT2D eigenvalue weighted by atomic mass is 9.89. The van der Waals surface area contributed by atoms with Crippen LogP contribution in [0, 0.1) is 5.92 Å². The number of piperidine rings is 1. The van der Waals surface area contributed by atoms with Crippen LogP contribution in [0.4, 0.5) is 11.4 Å². The van der Waals surface area contributed by atoms with E-state index in [1.807, 2.05) is 73.7 Å². The predicted octanol–water partition coefficient (Wildman–Crippen LogP) is 4.76. The van der Waals surface area contributed by atoms with Gasteiger partial charge in [0.15, 0.2) is 5.78 Å². The molecule has 0 aliphatic carbocycles. The number of rotatable bonds is 9. The number of pyridine rings is 1. The van der Waals surface area contributed by atoms with Crippen LogP contribution in [-0.2, 0) is 0 Å². The molecular formula is C28H32N4O2. The van der Waals surface area contributed by atoms with Crippen LogP contribution in [0.3, 0.4) is 0 Å². The van der Waals surface area contributed by atoms with E-state index in [-0.39, 0.29) is 17.6 Å². The predicted molar refractivity (Wildman–Crippen MR) is 136 cm³/mol. The van der Waals surface area contributed by atoms with E-state index >= 15 is 0 Å². The molecular weight excluding hydrogens is 424 g/mol. The highest BCUT2D eigenvalue weighted by Crippen LogP contribution is 2.23. The molecule has 2 heterocycles. The van der Waals surface area contributed by atoms with Crippen LogP contribution in [-0.4, -0.2) is 54.3 Å². The second-order valence-corrected chi connectivity index (χ2v) is 8.62. The first kappa shape index (κ1) is 23.6. The summed E-state index contributed by atoms with van der Waals surface area (Å²) in [6.45, 7) is 5.91. The Morgan fingerprint density at radius 3 is 2.35 bits per heavy atom. The van der Waals surface area contributed by atoms with Gasteiger partial charge in [-0.05, 0) is 69.3 Å². The van der Waals surface area contributed by atoms with E-state index in [4.69, 9.17) is 0 Å². The molecule has 1 aliphatic heterocycles. The lowest BCUT2D eigenvalue weighted by molar-refractivity contribution is 0.0841. The normalized spacial score (nSPS) is 14.5. The number of likely N-dealkylation sites (tertiary alicyclic amines) is 1. The van der Waals surface area contributed by atoms with E-state index in [0.29, 0.717) is 12.1 Å². The van der Waals surface area contributed by atoms with Gasteiger partial charge < -0.3 is 15.1 Å². The maximum absolute atomic E-state index is 13.4. The number of aromatic nitrogens is 1. The minimum absolute atomic E-state index is 0.0369. The highest BCUT2D eigenvalue weighted by Gasteiger charge is 2.26. The smallest absolute Gasteiger partial charge is 0.258 e. The van der Waals surface area contributed by atoms with Gasteiger partial charge >= 0.3 is 0 Å². The van der Waals surface area contributed by atoms with E-state index in [0.717, 1.165) is 56.0 Å². The van der Waals surface area contributed by atoms with Crippen LogP contribution >= 0.6 is 0 Å². The minimum Gasteiger partial charge on any atom is -0.385 e. The topological polar surface area (TPSA) is 65.5 Å². The summed E-state index contributed by atoms with van der Waals surface area (Å²) in [4.78, 5) is 34.6. The van der Waals surface area contributed by atoms with Gasteiger partial charge in [-0.25, -0.2) is 0 Å². The summed E-state index contributed by atoms with van der Waals surface area (Å²) < 4.78 is 0. The van der Waals surface area contributed by atoms with Crippen LogP contribution in [0.5, 0.6) is 0 Å². The molecule has 0 bridgehead atoms. The molecule has 1 saturated heterocycles. The van der Waals surface area contributed by atoms with E-state index in [1.54, 1.807) is 17.3 Å². The third kappa shape index (κ3) is 5.88. The molecule has 0 saturated carbocycles. The largest absolute Gasteiger partial charge is 0.385 e. The fourth-order valence-electron chi connectivity index (χ4n) is 4.45. The van der Waals surface area contributed by atoms with Crippen molar-refractivity contribution in [1.82, 2.24) is 9.88 Å². The SMILES string of the molecule is CCNc1ccc(C(=O)N(CCN2CCC(C(=O)c3ccccc3)CC2)c2cccnc2)cc1. The second-order valence-electron chi connectivity index (χ2n) is 8.62. The molecule has 6 heteroatoms. The van der Waals surface area contributed by atoms with Gasteiger partial charge in [0, 0.05) is 48.6 Å². The molecule has 3 aromatic rings. The molecule has 6 nitrogen and oxygen atoms in total. The van der Waals surface area contributed by atoms with Crippen molar-refractivity contribution >= 4 is 23.1 Å². The first-order valence-corrected chi connectivity index (χ1v) is 12.0. The monoisotopic (exact) mass is 456 g/mol. The highest BCUT2D eigenvalue weighted by atomic mass is 16.2. The maximum Gasteiger partial charge on any atom is 0.258 e. The Labute approximate surface area is 201 Å². The van der Waals surface area contributed by atoms with Gasteiger partial charge in [0.25, 0.3) is 5.91 Å². The number of carbonyl (C=O) groups is 2. The summed E-state index contributed by atoms with van der Waals surface area (Å²) in [5.74, 6) is 0.281. The Morgan fingerprint density at radius 1 is 0.971 bits per heavy atom. The number of anilines is 2. The van der Waals surface area contributed by atoms with Crippen LogP contribution in [0.2, 0.25) is 0 Å². The van der Waals surface area contributed by atoms with Gasteiger partial charge in [-0.15, -0.1) is 0 Å². The van der Waals surface area contributed by atoms with Gasteiger partial charge in [-0.2, -0.15) is 0 Å². The molecule has 176 valence electrons. The van der Waals surface area contributed by atoms with E-state index < -0.39 is 0 Å². The summed E-state index contributed by atoms with van der Waals surface area (Å²) in [6, 6.07) is 20.9. The Morgan fingerprint density at radius 2 is 1.71 bits per heavy atom. The van der Waals surface area contributed by atoms with Gasteiger partial charge in [-0.1, -0.05) is 30.3 Å². The molecule has 1 N–H and O–H groups in total. The summed E-state index contributed by atoms with van der Waals surface area (Å²) in [5.41, 5.74) is 3.24. The van der Waals surface area contributed by atoms with Gasteiger partial charge in [-0.3, -0.25) is 14.6 Å². The molecule has 1 aromatic heterocycles. The molecule has 2 aromatic carbocycles. The minimum atomic E-state index is -0.0369. The summed E-state index contributed by atoms with van der Waals surface area (Å²) in [5, 5.41) is 3.26. The number of benzene rings is 2. The number of hydrogen-bond donors (Lipinski definition) is 1. The van der Waals surface area contributed by atoms with Crippen molar-refractivity contribution in [3.8, 4) is 0 Å². The molecule has 0 atom stereocenters. The Kier molecular flexibility index (Phi) is 8.04. The van der Waals surface area contributed by atoms with Crippen molar-refractivity contribution < 1.29 is 9.59 Å². The summed E-state index contributed by atoms with van der Waals surface area (Å²) in [7, 11) is 0. The van der Waals surface area contributed by atoms with Crippen LogP contribution in [0.25, 0.3) is 0 Å². The van der Waals surface area contributed by atoms with E-state index in [9.17, 15) is 9.59 Å². The third-order valence-electron chi connectivity index (χ3n) is 6.37. The summed E-state index contributed by atoms with van der Waals surface area (Å²) >= 11 is 0. The molecule has 1 aliphatic rings. The number of carbonyl (C=O) groups excluding carboxylic acids is 2. The maximum atomic E-state index is 13.4. The number of nitrogens with zero attached hydrogens (tertiary/aromatic N) is 3. The number of ketones is 1. The fraction of sp³-hybridized carbons (Fsp3) is 0.321. The lowest BCUT2D eigenvalue weighted by Gasteiger charge is -2.33. The first-order chi connectivity index (χ1) is 16.7. The average molecular weight is 457 g/mol. The zero-order valence-electron chi connectivity index (χ0n) is 19.7. The molecule has 1 amide bonds. The quantitative estimate of drug-likeness (QED) is 0.471. The van der Waals surface area contributed by atoms with Crippen molar-refractivity contribution in [3.63, 3.8) is 0 Å². The van der Waals surface area contributed by atoms with Crippen molar-refractivity contribution in [2.24, 2.45) is 5.92 Å². The Balaban J connectivity index is 1.38. The van der Waals surface area contributed by atoms with E-state index in [1.165, 1.54) is 0 Å². The van der Waals surface area contributed by atoms with E-state index in [2.05, 4.69) is 15.2 Å². The highest BCUT2D eigenvalue weighted by molar-refractivity contribution is 6.06. The van der Waals surface area contributed by atoms with Crippen molar-refractivity contribution in [2.75, 3.05) is 42.9 Å². The van der Waals surface area contributed by atoms with Gasteiger partial charge in [0.1, 0.15) is 0 Å². The third-order valence-corrected chi connectivity index (χ3v) is 6.37. The van der Waals surface area contributed by atoms with Crippen LogP contribution in [0.15, 0.2) is 79.1 Å². The molecule has 1 fully saturated rings. The molecule has 4 rings (SSSR count). The second kappa shape index (κ2) is 11.6. The van der Waals surface area contributed by atoms with Crippen LogP contribution in [0.1, 0.15) is 40.5 Å². The van der Waals surface area contributed by atoms with Crippen molar-refractivity contribution in [3.05, 3.63) is 90.3 Å². The number of nitrogens with one attached hydrogen (secondary N) is 1. The zero-order valence-corrected chi connectivity index (χ0v) is 19.7. The first-order valence-electron chi connectivity index (χ1n) is 12.0. The Bertz CT molecular complexity index is 1060. The zero-order chi connectivity index (χ0) is 23.8. The number of hydrogen-bond acceptors (Lipinski definition) is 5. The fourth-order valence-corrected chi connectivity index (χ4v) is 4.45. The van der Waals surface area contributed by atoms with Gasteiger partial charge in [0.2, 0.25) is 0 Å². The number of Topliss-reactive ketones (excluding diaryl/α,β-unsaturated/α-hetero) is 1. The summed E-state index contributed by atoms with van der Waals surface area (Å²) in [6.07, 6.45) is 5.14. The lowest BCUT2D eigenvalue weighted by Crippen LogP contribution is -2.43. The van der Waals surface area contributed by atoms with Gasteiger partial charge in [0.05, 0.1) is 11.9 Å². The number of amides is 1. The molecule has 0 unspecified atom stereocenters. The standard InChI is InChI=1S/C28H32N4O2/c1-2-30-25-12-10-24(11-13-25)28(34)32(26-9-6-16-29-21-26)20-19-31-17-14-23(15-18-31)27(33)22-7-4-3-5-8-22/h3-13,16,21,23,30H,2,14-15,17-20H2,1H3. The molecule has 0 spiro atoms. The Hall–Kier alpha value is -3.51. The average Bonchev–Trinajstić information content (AvgIpc) is 2.90. The van der Waals surface area contributed by atoms with Crippen molar-refractivity contribution in [2.45, 2.75) is 19.8 Å². The van der Waals surface area contributed by atoms with Crippen molar-refractivity contribution in [1.29, 1.82) is 0 Å². The van der Waals surface area contributed by atoms with Crippen LogP contribution < -0.4 is 10.2 Å². The molecule has 0 radical (unpaired) electrons.